The summed E-state index contributed by atoms with van der Waals surface area (Å²) in [5.41, 5.74) is 0.778. The molecule has 0 spiro atoms. The van der Waals surface area contributed by atoms with Gasteiger partial charge in [-0.15, -0.1) is 11.8 Å². The van der Waals surface area contributed by atoms with E-state index in [0.717, 1.165) is 11.3 Å². The second kappa shape index (κ2) is 5.89. The number of hydrogen-bond acceptors (Lipinski definition) is 4. The first-order chi connectivity index (χ1) is 8.69. The van der Waals surface area contributed by atoms with E-state index in [9.17, 15) is 5.11 Å². The fourth-order valence-electron chi connectivity index (χ4n) is 1.46. The lowest BCUT2D eigenvalue weighted by atomic mass is 10.2. The van der Waals surface area contributed by atoms with Gasteiger partial charge in [-0.2, -0.15) is 0 Å². The van der Waals surface area contributed by atoms with Gasteiger partial charge >= 0.3 is 0 Å². The van der Waals surface area contributed by atoms with Crippen molar-refractivity contribution in [3.63, 3.8) is 0 Å². The van der Waals surface area contributed by atoms with Crippen LogP contribution in [0.3, 0.4) is 0 Å². The van der Waals surface area contributed by atoms with Crippen LogP contribution in [0.1, 0.15) is 18.6 Å². The van der Waals surface area contributed by atoms with E-state index in [1.165, 1.54) is 4.90 Å². The Kier molecular flexibility index (Phi) is 4.23. The molecule has 2 rings (SSSR count). The van der Waals surface area contributed by atoms with Gasteiger partial charge in [-0.05, 0) is 49.1 Å². The maximum absolute atomic E-state index is 9.38. The Morgan fingerprint density at radius 1 is 1.17 bits per heavy atom. The predicted molar refractivity (Wildman–Crippen MR) is 73.2 cm³/mol. The standard InChI is InChI=1S/C14H15NO2S/c1-10(16)11-3-8-14(15-9-11)17-12-4-6-13(18-2)7-5-12/h3-10,16H,1-2H3. The molecule has 0 fully saturated rings. The monoisotopic (exact) mass is 261 g/mol. The van der Waals surface area contributed by atoms with Crippen LogP contribution in [-0.2, 0) is 0 Å². The summed E-state index contributed by atoms with van der Waals surface area (Å²) in [5.74, 6) is 1.28. The fraction of sp³-hybridized carbons (Fsp3) is 0.214. The molecule has 0 bridgehead atoms. The molecule has 0 radical (unpaired) electrons. The summed E-state index contributed by atoms with van der Waals surface area (Å²) in [5, 5.41) is 9.38. The van der Waals surface area contributed by atoms with Crippen molar-refractivity contribution < 1.29 is 9.84 Å². The molecule has 0 aliphatic carbocycles. The molecular weight excluding hydrogens is 246 g/mol. The zero-order valence-electron chi connectivity index (χ0n) is 10.3. The molecule has 3 nitrogen and oxygen atoms in total. The highest BCUT2D eigenvalue weighted by Crippen LogP contribution is 2.23. The highest BCUT2D eigenvalue weighted by molar-refractivity contribution is 7.98. The molecule has 1 aromatic carbocycles. The molecule has 4 heteroatoms. The molecule has 0 saturated heterocycles. The summed E-state index contributed by atoms with van der Waals surface area (Å²) < 4.78 is 5.61. The minimum absolute atomic E-state index is 0.507. The van der Waals surface area contributed by atoms with Gasteiger partial charge in [0, 0.05) is 17.2 Å². The normalized spacial score (nSPS) is 12.2. The number of rotatable bonds is 4. The SMILES string of the molecule is CSc1ccc(Oc2ccc(C(C)O)cn2)cc1. The smallest absolute Gasteiger partial charge is 0.219 e. The van der Waals surface area contributed by atoms with E-state index >= 15 is 0 Å². The van der Waals surface area contributed by atoms with Crippen molar-refractivity contribution in [2.45, 2.75) is 17.9 Å². The maximum atomic E-state index is 9.38. The Labute approximate surface area is 111 Å². The summed E-state index contributed by atoms with van der Waals surface area (Å²) >= 11 is 1.69. The first kappa shape index (κ1) is 12.9. The topological polar surface area (TPSA) is 42.4 Å². The fourth-order valence-corrected chi connectivity index (χ4v) is 1.87. The third kappa shape index (κ3) is 3.24. The van der Waals surface area contributed by atoms with Gasteiger partial charge in [0.2, 0.25) is 5.88 Å². The van der Waals surface area contributed by atoms with Crippen molar-refractivity contribution in [2.75, 3.05) is 6.26 Å². The van der Waals surface area contributed by atoms with Crippen molar-refractivity contribution in [3.05, 3.63) is 48.2 Å². The molecule has 0 amide bonds. The van der Waals surface area contributed by atoms with Crippen LogP contribution in [0.15, 0.2) is 47.5 Å². The molecule has 1 atom stereocenters. The van der Waals surface area contributed by atoms with Crippen LogP contribution < -0.4 is 4.74 Å². The Morgan fingerprint density at radius 3 is 2.39 bits per heavy atom. The maximum Gasteiger partial charge on any atom is 0.219 e. The lowest BCUT2D eigenvalue weighted by Crippen LogP contribution is -1.93. The van der Waals surface area contributed by atoms with Crippen molar-refractivity contribution in [3.8, 4) is 11.6 Å². The lowest BCUT2D eigenvalue weighted by molar-refractivity contribution is 0.198. The number of pyridine rings is 1. The molecule has 1 heterocycles. The van der Waals surface area contributed by atoms with Gasteiger partial charge < -0.3 is 9.84 Å². The van der Waals surface area contributed by atoms with E-state index in [4.69, 9.17) is 4.74 Å². The van der Waals surface area contributed by atoms with Crippen LogP contribution >= 0.6 is 11.8 Å². The summed E-state index contributed by atoms with van der Waals surface area (Å²) in [6.07, 6.45) is 3.15. The minimum atomic E-state index is -0.507. The minimum Gasteiger partial charge on any atom is -0.439 e. The highest BCUT2D eigenvalue weighted by Gasteiger charge is 2.03. The second-order valence-electron chi connectivity index (χ2n) is 3.88. The molecule has 94 valence electrons. The highest BCUT2D eigenvalue weighted by atomic mass is 32.2. The van der Waals surface area contributed by atoms with Crippen LogP contribution in [0.4, 0.5) is 0 Å². The number of aliphatic hydroxyl groups excluding tert-OH is 1. The van der Waals surface area contributed by atoms with E-state index in [0.29, 0.717) is 5.88 Å². The van der Waals surface area contributed by atoms with E-state index in [1.54, 1.807) is 30.9 Å². The van der Waals surface area contributed by atoms with Crippen molar-refractivity contribution in [2.24, 2.45) is 0 Å². The number of aliphatic hydroxyl groups is 1. The van der Waals surface area contributed by atoms with Gasteiger partial charge in [0.15, 0.2) is 0 Å². The Balaban J connectivity index is 2.08. The molecule has 0 aliphatic heterocycles. The third-order valence-corrected chi connectivity index (χ3v) is 3.27. The number of nitrogens with zero attached hydrogens (tertiary/aromatic N) is 1. The summed E-state index contributed by atoms with van der Waals surface area (Å²) in [7, 11) is 0. The molecule has 1 unspecified atom stereocenters. The molecule has 2 aromatic rings. The number of hydrogen-bond donors (Lipinski definition) is 1. The first-order valence-corrected chi connectivity index (χ1v) is 6.87. The number of thioether (sulfide) groups is 1. The van der Waals surface area contributed by atoms with E-state index in [-0.39, 0.29) is 0 Å². The molecule has 0 saturated carbocycles. The Hall–Kier alpha value is -1.52. The van der Waals surface area contributed by atoms with E-state index in [1.807, 2.05) is 36.6 Å². The molecule has 18 heavy (non-hydrogen) atoms. The quantitative estimate of drug-likeness (QED) is 0.853. The average Bonchev–Trinajstić information content (AvgIpc) is 2.40. The zero-order valence-corrected chi connectivity index (χ0v) is 11.1. The number of aromatic nitrogens is 1. The largest absolute Gasteiger partial charge is 0.439 e. The Bertz CT molecular complexity index is 494. The summed E-state index contributed by atoms with van der Waals surface area (Å²) in [6, 6.07) is 11.4. The van der Waals surface area contributed by atoms with Gasteiger partial charge in [-0.1, -0.05) is 0 Å². The Morgan fingerprint density at radius 2 is 1.89 bits per heavy atom. The van der Waals surface area contributed by atoms with Crippen LogP contribution in [0.2, 0.25) is 0 Å². The van der Waals surface area contributed by atoms with E-state index < -0.39 is 6.10 Å². The van der Waals surface area contributed by atoms with Crippen LogP contribution in [0.5, 0.6) is 11.6 Å². The number of ether oxygens (including phenoxy) is 1. The average molecular weight is 261 g/mol. The van der Waals surface area contributed by atoms with Gasteiger partial charge in [-0.3, -0.25) is 0 Å². The number of benzene rings is 1. The summed E-state index contributed by atoms with van der Waals surface area (Å²) in [4.78, 5) is 5.34. The molecule has 0 aliphatic rings. The molecule has 1 N–H and O–H groups in total. The summed E-state index contributed by atoms with van der Waals surface area (Å²) in [6.45, 7) is 1.71. The van der Waals surface area contributed by atoms with E-state index in [2.05, 4.69) is 4.98 Å². The lowest BCUT2D eigenvalue weighted by Gasteiger charge is -2.07. The van der Waals surface area contributed by atoms with Gasteiger partial charge in [0.1, 0.15) is 5.75 Å². The molecule has 1 aromatic heterocycles. The van der Waals surface area contributed by atoms with Crippen LogP contribution in [0.25, 0.3) is 0 Å². The van der Waals surface area contributed by atoms with Crippen molar-refractivity contribution >= 4 is 11.8 Å². The third-order valence-electron chi connectivity index (χ3n) is 2.52. The molecular formula is C14H15NO2S. The zero-order chi connectivity index (χ0) is 13.0. The van der Waals surface area contributed by atoms with Crippen LogP contribution in [0, 0.1) is 0 Å². The van der Waals surface area contributed by atoms with Crippen molar-refractivity contribution in [1.29, 1.82) is 0 Å². The second-order valence-corrected chi connectivity index (χ2v) is 4.76. The van der Waals surface area contributed by atoms with Crippen molar-refractivity contribution in [1.82, 2.24) is 4.98 Å². The van der Waals surface area contributed by atoms with Gasteiger partial charge in [-0.25, -0.2) is 4.98 Å². The predicted octanol–water partition coefficient (Wildman–Crippen LogP) is 3.65. The van der Waals surface area contributed by atoms with Gasteiger partial charge in [0.25, 0.3) is 0 Å². The first-order valence-electron chi connectivity index (χ1n) is 5.65. The van der Waals surface area contributed by atoms with Crippen LogP contribution in [-0.4, -0.2) is 16.3 Å². The van der Waals surface area contributed by atoms with Gasteiger partial charge in [0.05, 0.1) is 6.10 Å².